The summed E-state index contributed by atoms with van der Waals surface area (Å²) in [5.74, 6) is 0. The molecule has 2 amide bonds. The van der Waals surface area contributed by atoms with E-state index in [0.29, 0.717) is 0 Å². The fourth-order valence-corrected chi connectivity index (χ4v) is 1.75. The number of benzene rings is 2. The Balaban J connectivity index is 0.00000162. The summed E-state index contributed by atoms with van der Waals surface area (Å²) in [7, 11) is 0. The van der Waals surface area contributed by atoms with E-state index in [1.54, 1.807) is 0 Å². The van der Waals surface area contributed by atoms with Gasteiger partial charge >= 0.3 is 6.03 Å². The molecule has 2 rings (SSSR count). The SMILES string of the molecule is CC(C)NC(=O)Nc1cccc2ccccc12.S. The summed E-state index contributed by atoms with van der Waals surface area (Å²) in [6.45, 7) is 3.87. The van der Waals surface area contributed by atoms with E-state index in [-0.39, 0.29) is 25.6 Å². The number of carbonyl (C=O) groups is 1. The molecule has 0 aliphatic rings. The van der Waals surface area contributed by atoms with Crippen LogP contribution in [0.5, 0.6) is 0 Å². The summed E-state index contributed by atoms with van der Waals surface area (Å²) in [5.41, 5.74) is 0.834. The molecule has 0 spiro atoms. The maximum absolute atomic E-state index is 11.6. The summed E-state index contributed by atoms with van der Waals surface area (Å²) >= 11 is 0. The van der Waals surface area contributed by atoms with Crippen LogP contribution in [0.1, 0.15) is 13.8 Å². The molecule has 3 nitrogen and oxygen atoms in total. The van der Waals surface area contributed by atoms with Crippen molar-refractivity contribution in [2.45, 2.75) is 19.9 Å². The molecule has 96 valence electrons. The second-order valence-electron chi connectivity index (χ2n) is 4.28. The number of hydrogen-bond donors (Lipinski definition) is 2. The molecule has 0 fully saturated rings. The maximum atomic E-state index is 11.6. The van der Waals surface area contributed by atoms with E-state index in [2.05, 4.69) is 10.6 Å². The van der Waals surface area contributed by atoms with Crippen LogP contribution in [0.2, 0.25) is 0 Å². The Hall–Kier alpha value is -1.68. The number of carbonyl (C=O) groups excluding carboxylic acids is 1. The van der Waals surface area contributed by atoms with Gasteiger partial charge in [-0.3, -0.25) is 0 Å². The van der Waals surface area contributed by atoms with Crippen LogP contribution >= 0.6 is 13.5 Å². The van der Waals surface area contributed by atoms with Crippen LogP contribution in [-0.2, 0) is 0 Å². The molecule has 0 aliphatic carbocycles. The van der Waals surface area contributed by atoms with Crippen molar-refractivity contribution in [2.75, 3.05) is 5.32 Å². The molecule has 4 heteroatoms. The van der Waals surface area contributed by atoms with Gasteiger partial charge in [-0.1, -0.05) is 36.4 Å². The van der Waals surface area contributed by atoms with Crippen LogP contribution in [0.4, 0.5) is 10.5 Å². The molecule has 0 radical (unpaired) electrons. The lowest BCUT2D eigenvalue weighted by Crippen LogP contribution is -2.34. The van der Waals surface area contributed by atoms with Gasteiger partial charge in [0.15, 0.2) is 0 Å². The number of urea groups is 1. The van der Waals surface area contributed by atoms with Crippen molar-refractivity contribution in [2.24, 2.45) is 0 Å². The van der Waals surface area contributed by atoms with Crippen molar-refractivity contribution in [3.8, 4) is 0 Å². The molecule has 0 aliphatic heterocycles. The normalized spacial score (nSPS) is 9.94. The zero-order chi connectivity index (χ0) is 12.3. The second kappa shape index (κ2) is 6.31. The van der Waals surface area contributed by atoms with Gasteiger partial charge in [0, 0.05) is 11.4 Å². The first kappa shape index (κ1) is 14.4. The largest absolute Gasteiger partial charge is 0.336 e. The van der Waals surface area contributed by atoms with E-state index in [1.165, 1.54) is 0 Å². The molecular weight excluding hydrogens is 244 g/mol. The molecule has 0 heterocycles. The molecule has 0 atom stereocenters. The highest BCUT2D eigenvalue weighted by Crippen LogP contribution is 2.22. The third-order valence-corrected chi connectivity index (χ3v) is 2.46. The van der Waals surface area contributed by atoms with E-state index >= 15 is 0 Å². The van der Waals surface area contributed by atoms with Crippen molar-refractivity contribution in [1.29, 1.82) is 0 Å². The average Bonchev–Trinajstić information content (AvgIpc) is 2.28. The lowest BCUT2D eigenvalue weighted by atomic mass is 10.1. The van der Waals surface area contributed by atoms with Crippen LogP contribution in [0, 0.1) is 0 Å². The van der Waals surface area contributed by atoms with Crippen LogP contribution in [-0.4, -0.2) is 12.1 Å². The molecule has 2 N–H and O–H groups in total. The Morgan fingerprint density at radius 2 is 1.72 bits per heavy atom. The van der Waals surface area contributed by atoms with Gasteiger partial charge in [0.2, 0.25) is 0 Å². The predicted octanol–water partition coefficient (Wildman–Crippen LogP) is 3.48. The summed E-state index contributed by atoms with van der Waals surface area (Å²) < 4.78 is 0. The number of amides is 2. The molecule has 2 aromatic rings. The van der Waals surface area contributed by atoms with E-state index in [0.717, 1.165) is 16.5 Å². The lowest BCUT2D eigenvalue weighted by Gasteiger charge is -2.11. The highest BCUT2D eigenvalue weighted by Gasteiger charge is 2.05. The summed E-state index contributed by atoms with van der Waals surface area (Å²) in [4.78, 5) is 11.6. The Labute approximate surface area is 114 Å². The zero-order valence-corrected chi connectivity index (χ0v) is 11.5. The molecule has 18 heavy (non-hydrogen) atoms. The first-order valence-corrected chi connectivity index (χ1v) is 5.72. The predicted molar refractivity (Wildman–Crippen MR) is 81.6 cm³/mol. The Morgan fingerprint density at radius 1 is 1.06 bits per heavy atom. The fourth-order valence-electron chi connectivity index (χ4n) is 1.75. The fraction of sp³-hybridized carbons (Fsp3) is 0.214. The summed E-state index contributed by atoms with van der Waals surface area (Å²) in [6.07, 6.45) is 0. The third-order valence-electron chi connectivity index (χ3n) is 2.46. The second-order valence-corrected chi connectivity index (χ2v) is 4.28. The Bertz CT molecular complexity index is 535. The topological polar surface area (TPSA) is 41.1 Å². The van der Waals surface area contributed by atoms with Gasteiger partial charge in [-0.15, -0.1) is 0 Å². The molecule has 0 unspecified atom stereocenters. The summed E-state index contributed by atoms with van der Waals surface area (Å²) in [6, 6.07) is 13.8. The molecule has 0 bridgehead atoms. The minimum atomic E-state index is -0.170. The van der Waals surface area contributed by atoms with Gasteiger partial charge in [-0.25, -0.2) is 4.79 Å². The van der Waals surface area contributed by atoms with Crippen molar-refractivity contribution in [3.05, 3.63) is 42.5 Å². The van der Waals surface area contributed by atoms with Crippen LogP contribution < -0.4 is 10.6 Å². The number of fused-ring (bicyclic) bond motifs is 1. The Morgan fingerprint density at radius 3 is 2.44 bits per heavy atom. The van der Waals surface area contributed by atoms with Crippen LogP contribution in [0.3, 0.4) is 0 Å². The van der Waals surface area contributed by atoms with Gasteiger partial charge < -0.3 is 10.6 Å². The summed E-state index contributed by atoms with van der Waals surface area (Å²) in [5, 5.41) is 7.84. The van der Waals surface area contributed by atoms with Gasteiger partial charge in [0.25, 0.3) is 0 Å². The quantitative estimate of drug-likeness (QED) is 0.854. The number of hydrogen-bond acceptors (Lipinski definition) is 1. The Kier molecular flexibility index (Phi) is 5.04. The van der Waals surface area contributed by atoms with Crippen LogP contribution in [0.25, 0.3) is 10.8 Å². The van der Waals surface area contributed by atoms with Crippen LogP contribution in [0.15, 0.2) is 42.5 Å². The van der Waals surface area contributed by atoms with Gasteiger partial charge in [0.05, 0.1) is 5.69 Å². The molecule has 0 saturated heterocycles. The van der Waals surface area contributed by atoms with Crippen molar-refractivity contribution >= 4 is 36.0 Å². The monoisotopic (exact) mass is 262 g/mol. The standard InChI is InChI=1S/C14H16N2O.H2S/c1-10(2)15-14(17)16-13-9-5-7-11-6-3-4-8-12(11)13;/h3-10H,1-2H3,(H2,15,16,17);1H2. The maximum Gasteiger partial charge on any atom is 0.319 e. The van der Waals surface area contributed by atoms with E-state index < -0.39 is 0 Å². The minimum absolute atomic E-state index is 0. The number of anilines is 1. The number of nitrogens with one attached hydrogen (secondary N) is 2. The highest BCUT2D eigenvalue weighted by atomic mass is 32.1. The first-order valence-electron chi connectivity index (χ1n) is 5.72. The van der Waals surface area contributed by atoms with Crippen molar-refractivity contribution in [3.63, 3.8) is 0 Å². The molecule has 2 aromatic carbocycles. The molecule has 0 aromatic heterocycles. The average molecular weight is 262 g/mol. The van der Waals surface area contributed by atoms with Gasteiger partial charge in [0.1, 0.15) is 0 Å². The highest BCUT2D eigenvalue weighted by molar-refractivity contribution is 7.59. The molecule has 0 saturated carbocycles. The van der Waals surface area contributed by atoms with Gasteiger partial charge in [-0.2, -0.15) is 13.5 Å². The molecular formula is C14H18N2OS. The van der Waals surface area contributed by atoms with Crippen molar-refractivity contribution < 1.29 is 4.79 Å². The minimum Gasteiger partial charge on any atom is -0.336 e. The first-order chi connectivity index (χ1) is 8.16. The van der Waals surface area contributed by atoms with E-state index in [1.807, 2.05) is 56.3 Å². The smallest absolute Gasteiger partial charge is 0.319 e. The lowest BCUT2D eigenvalue weighted by molar-refractivity contribution is 0.250. The van der Waals surface area contributed by atoms with Gasteiger partial charge in [-0.05, 0) is 25.3 Å². The third kappa shape index (κ3) is 3.40. The van der Waals surface area contributed by atoms with Crippen molar-refractivity contribution in [1.82, 2.24) is 5.32 Å². The number of rotatable bonds is 2. The van der Waals surface area contributed by atoms with E-state index in [4.69, 9.17) is 0 Å². The van der Waals surface area contributed by atoms with E-state index in [9.17, 15) is 4.79 Å². The zero-order valence-electron chi connectivity index (χ0n) is 10.5.